The maximum absolute atomic E-state index is 11.7. The highest BCUT2D eigenvalue weighted by atomic mass is 16.5. The topological polar surface area (TPSA) is 53.6 Å². The van der Waals surface area contributed by atoms with Crippen molar-refractivity contribution in [1.82, 2.24) is 15.8 Å². The van der Waals surface area contributed by atoms with Crippen molar-refractivity contribution in [3.8, 4) is 0 Å². The second kappa shape index (κ2) is 4.72. The summed E-state index contributed by atoms with van der Waals surface area (Å²) < 4.78 is 5.20. The first-order valence-corrected chi connectivity index (χ1v) is 5.20. The van der Waals surface area contributed by atoms with Gasteiger partial charge in [0.15, 0.2) is 0 Å². The molecule has 0 saturated carbocycles. The van der Waals surface area contributed by atoms with E-state index in [1.165, 1.54) is 0 Å². The highest BCUT2D eigenvalue weighted by molar-refractivity contribution is 5.78. The molecular formula is C9H17N3O2. The first kappa shape index (κ1) is 9.89. The smallest absolute Gasteiger partial charge is 0.238 e. The summed E-state index contributed by atoms with van der Waals surface area (Å²) in [5.41, 5.74) is 2.94. The molecule has 2 heterocycles. The summed E-state index contributed by atoms with van der Waals surface area (Å²) in [6, 6.07) is 0. The van der Waals surface area contributed by atoms with E-state index in [0.29, 0.717) is 13.2 Å². The molecule has 2 aliphatic heterocycles. The third kappa shape index (κ3) is 2.43. The maximum atomic E-state index is 11.7. The largest absolute Gasteiger partial charge is 0.379 e. The molecule has 2 N–H and O–H groups in total. The average Bonchev–Trinajstić information content (AvgIpc) is 2.72. The summed E-state index contributed by atoms with van der Waals surface area (Å²) in [6.45, 7) is 4.79. The molecule has 0 aliphatic carbocycles. The van der Waals surface area contributed by atoms with Crippen LogP contribution in [0.2, 0.25) is 0 Å². The molecule has 0 aromatic carbocycles. The molecule has 0 aromatic rings. The van der Waals surface area contributed by atoms with Gasteiger partial charge in [0, 0.05) is 19.6 Å². The van der Waals surface area contributed by atoms with Gasteiger partial charge in [0.25, 0.3) is 0 Å². The number of carbonyl (C=O) groups excluding carboxylic acids is 1. The molecule has 2 rings (SSSR count). The summed E-state index contributed by atoms with van der Waals surface area (Å²) in [7, 11) is 0. The van der Waals surface area contributed by atoms with Crippen molar-refractivity contribution in [3.05, 3.63) is 0 Å². The molecule has 0 aromatic heterocycles. The number of hydrazine groups is 1. The molecule has 0 bridgehead atoms. The fraction of sp³-hybridized carbons (Fsp3) is 0.889. The SMILES string of the molecule is O=C(NN1CCOCC1)C1CCNC1. The lowest BCUT2D eigenvalue weighted by atomic mass is 10.1. The van der Waals surface area contributed by atoms with Gasteiger partial charge in [-0.3, -0.25) is 10.2 Å². The Morgan fingerprint density at radius 1 is 1.43 bits per heavy atom. The van der Waals surface area contributed by atoms with Gasteiger partial charge in [-0.05, 0) is 13.0 Å². The van der Waals surface area contributed by atoms with Crippen LogP contribution >= 0.6 is 0 Å². The van der Waals surface area contributed by atoms with Gasteiger partial charge in [-0.1, -0.05) is 0 Å². The minimum atomic E-state index is 0.150. The average molecular weight is 199 g/mol. The highest BCUT2D eigenvalue weighted by Crippen LogP contribution is 2.07. The van der Waals surface area contributed by atoms with Gasteiger partial charge in [0.05, 0.1) is 19.1 Å². The fourth-order valence-corrected chi connectivity index (χ4v) is 1.80. The van der Waals surface area contributed by atoms with Crippen LogP contribution in [-0.2, 0) is 9.53 Å². The zero-order chi connectivity index (χ0) is 9.80. The Balaban J connectivity index is 1.75. The molecule has 1 atom stereocenters. The van der Waals surface area contributed by atoms with Gasteiger partial charge in [-0.25, -0.2) is 5.01 Å². The van der Waals surface area contributed by atoms with E-state index in [-0.39, 0.29) is 11.8 Å². The van der Waals surface area contributed by atoms with Crippen molar-refractivity contribution in [3.63, 3.8) is 0 Å². The highest BCUT2D eigenvalue weighted by Gasteiger charge is 2.24. The van der Waals surface area contributed by atoms with Crippen LogP contribution < -0.4 is 10.7 Å². The molecule has 1 unspecified atom stereocenters. The van der Waals surface area contributed by atoms with Crippen molar-refractivity contribution >= 4 is 5.91 Å². The van der Waals surface area contributed by atoms with Crippen LogP contribution in [0.15, 0.2) is 0 Å². The number of hydrogen-bond acceptors (Lipinski definition) is 4. The molecular weight excluding hydrogens is 182 g/mol. The number of ether oxygens (including phenoxy) is 1. The van der Waals surface area contributed by atoms with Gasteiger partial charge < -0.3 is 10.1 Å². The van der Waals surface area contributed by atoms with Crippen LogP contribution in [0.5, 0.6) is 0 Å². The summed E-state index contributed by atoms with van der Waals surface area (Å²) in [5.74, 6) is 0.301. The van der Waals surface area contributed by atoms with Crippen molar-refractivity contribution < 1.29 is 9.53 Å². The lowest BCUT2D eigenvalue weighted by Gasteiger charge is -2.27. The molecule has 14 heavy (non-hydrogen) atoms. The maximum Gasteiger partial charge on any atom is 0.238 e. The fourth-order valence-electron chi connectivity index (χ4n) is 1.80. The van der Waals surface area contributed by atoms with Crippen molar-refractivity contribution in [1.29, 1.82) is 0 Å². The Hall–Kier alpha value is -0.650. The van der Waals surface area contributed by atoms with Crippen molar-refractivity contribution in [2.75, 3.05) is 39.4 Å². The third-order valence-electron chi connectivity index (χ3n) is 2.71. The molecule has 5 heteroatoms. The first-order chi connectivity index (χ1) is 6.86. The van der Waals surface area contributed by atoms with Crippen LogP contribution in [0, 0.1) is 5.92 Å². The molecule has 80 valence electrons. The van der Waals surface area contributed by atoms with E-state index in [0.717, 1.165) is 32.6 Å². The Bertz CT molecular complexity index is 198. The van der Waals surface area contributed by atoms with Crippen LogP contribution in [0.1, 0.15) is 6.42 Å². The van der Waals surface area contributed by atoms with E-state index < -0.39 is 0 Å². The lowest BCUT2D eigenvalue weighted by Crippen LogP contribution is -2.50. The monoisotopic (exact) mass is 199 g/mol. The van der Waals surface area contributed by atoms with Gasteiger partial charge >= 0.3 is 0 Å². The molecule has 5 nitrogen and oxygen atoms in total. The Morgan fingerprint density at radius 2 is 2.21 bits per heavy atom. The Morgan fingerprint density at radius 3 is 2.86 bits per heavy atom. The molecule has 0 radical (unpaired) electrons. The van der Waals surface area contributed by atoms with Gasteiger partial charge in [0.1, 0.15) is 0 Å². The normalized spacial score (nSPS) is 29.0. The minimum absolute atomic E-state index is 0.150. The number of nitrogens with one attached hydrogen (secondary N) is 2. The van der Waals surface area contributed by atoms with E-state index in [4.69, 9.17) is 4.74 Å². The summed E-state index contributed by atoms with van der Waals surface area (Å²) in [6.07, 6.45) is 0.955. The van der Waals surface area contributed by atoms with Gasteiger partial charge in [0.2, 0.25) is 5.91 Å². The van der Waals surface area contributed by atoms with Gasteiger partial charge in [-0.2, -0.15) is 0 Å². The minimum Gasteiger partial charge on any atom is -0.379 e. The van der Waals surface area contributed by atoms with E-state index in [1.54, 1.807) is 0 Å². The predicted octanol–water partition coefficient (Wildman–Crippen LogP) is -1.04. The van der Waals surface area contributed by atoms with E-state index >= 15 is 0 Å². The van der Waals surface area contributed by atoms with E-state index in [2.05, 4.69) is 10.7 Å². The number of amides is 1. The summed E-state index contributed by atoms with van der Waals surface area (Å²) >= 11 is 0. The lowest BCUT2D eigenvalue weighted by molar-refractivity contribution is -0.131. The summed E-state index contributed by atoms with van der Waals surface area (Å²) in [5, 5.41) is 5.13. The van der Waals surface area contributed by atoms with E-state index in [1.807, 2.05) is 5.01 Å². The van der Waals surface area contributed by atoms with Crippen molar-refractivity contribution in [2.24, 2.45) is 5.92 Å². The zero-order valence-electron chi connectivity index (χ0n) is 8.29. The molecule has 2 saturated heterocycles. The Labute approximate surface area is 83.8 Å². The number of nitrogens with zero attached hydrogens (tertiary/aromatic N) is 1. The van der Waals surface area contributed by atoms with Crippen LogP contribution in [-0.4, -0.2) is 50.3 Å². The second-order valence-electron chi connectivity index (χ2n) is 3.77. The quantitative estimate of drug-likeness (QED) is 0.596. The molecule has 1 amide bonds. The number of hydrogen-bond donors (Lipinski definition) is 2. The summed E-state index contributed by atoms with van der Waals surface area (Å²) in [4.78, 5) is 11.7. The predicted molar refractivity (Wildman–Crippen MR) is 51.5 cm³/mol. The van der Waals surface area contributed by atoms with Gasteiger partial charge in [-0.15, -0.1) is 0 Å². The van der Waals surface area contributed by atoms with Crippen LogP contribution in [0.4, 0.5) is 0 Å². The van der Waals surface area contributed by atoms with Crippen LogP contribution in [0.3, 0.4) is 0 Å². The molecule has 2 fully saturated rings. The standard InChI is InChI=1S/C9H17N3O2/c13-9(8-1-2-10-7-8)11-12-3-5-14-6-4-12/h8,10H,1-7H2,(H,11,13). The number of rotatable bonds is 2. The van der Waals surface area contributed by atoms with Crippen molar-refractivity contribution in [2.45, 2.75) is 6.42 Å². The Kier molecular flexibility index (Phi) is 3.34. The molecule has 0 spiro atoms. The second-order valence-corrected chi connectivity index (χ2v) is 3.77. The van der Waals surface area contributed by atoms with Crippen LogP contribution in [0.25, 0.3) is 0 Å². The third-order valence-corrected chi connectivity index (χ3v) is 2.71. The van der Waals surface area contributed by atoms with E-state index in [9.17, 15) is 4.79 Å². The first-order valence-electron chi connectivity index (χ1n) is 5.20. The number of carbonyl (C=O) groups is 1. The number of morpholine rings is 1. The zero-order valence-corrected chi connectivity index (χ0v) is 8.29. The molecule has 2 aliphatic rings.